The number of nitrogen functional groups attached to an aromatic ring is 1. The van der Waals surface area contributed by atoms with Crippen LogP contribution in [0.15, 0.2) is 110 Å². The predicted molar refractivity (Wildman–Crippen MR) is 160 cm³/mol. The van der Waals surface area contributed by atoms with Crippen LogP contribution < -0.4 is 10.5 Å². The number of allylic oxidation sites excluding steroid dienone is 1. The second-order valence-corrected chi connectivity index (χ2v) is 9.78. The molecule has 0 aliphatic carbocycles. The van der Waals surface area contributed by atoms with Gasteiger partial charge in [-0.2, -0.15) is 0 Å². The Labute approximate surface area is 227 Å². The van der Waals surface area contributed by atoms with Crippen LogP contribution in [0.5, 0.6) is 11.5 Å². The van der Waals surface area contributed by atoms with Crippen LogP contribution in [0.3, 0.4) is 0 Å². The molecule has 0 bridgehead atoms. The van der Waals surface area contributed by atoms with E-state index in [1.54, 1.807) is 6.20 Å². The standard InChI is InChI=1S/C34H22N2O4/c1-2-4-23-27-17-21(9-13-31(27)39-33(23)35)37-22-8-12-30-28(18-22)26-16-20(6-10-29(26)38-30)19-7-11-32-25(15-19)24-5-3-14-36-34(24)40-32/h2-18H,35H2,1H3/b4-2-. The van der Waals surface area contributed by atoms with Gasteiger partial charge in [0.05, 0.1) is 0 Å². The molecule has 6 heteroatoms. The number of furan rings is 3. The lowest BCUT2D eigenvalue weighted by Crippen LogP contribution is -1.85. The highest BCUT2D eigenvalue weighted by molar-refractivity contribution is 6.08. The minimum atomic E-state index is 0.393. The van der Waals surface area contributed by atoms with E-state index in [0.717, 1.165) is 66.0 Å². The number of anilines is 1. The van der Waals surface area contributed by atoms with Crippen molar-refractivity contribution >= 4 is 66.9 Å². The Morgan fingerprint density at radius 2 is 1.25 bits per heavy atom. The van der Waals surface area contributed by atoms with E-state index in [9.17, 15) is 0 Å². The van der Waals surface area contributed by atoms with E-state index in [-0.39, 0.29) is 0 Å². The van der Waals surface area contributed by atoms with Crippen LogP contribution in [0.4, 0.5) is 5.88 Å². The molecule has 0 saturated heterocycles. The van der Waals surface area contributed by atoms with E-state index in [1.807, 2.05) is 79.7 Å². The minimum Gasteiger partial charge on any atom is -0.457 e. The van der Waals surface area contributed by atoms with Crippen molar-refractivity contribution in [1.82, 2.24) is 4.98 Å². The number of fused-ring (bicyclic) bond motifs is 7. The third kappa shape index (κ3) is 3.47. The van der Waals surface area contributed by atoms with E-state index in [1.165, 1.54) is 0 Å². The number of ether oxygens (including phenoxy) is 1. The van der Waals surface area contributed by atoms with E-state index >= 15 is 0 Å². The first kappa shape index (κ1) is 22.5. The average Bonchev–Trinajstić information content (AvgIpc) is 3.63. The normalized spacial score (nSPS) is 12.1. The summed E-state index contributed by atoms with van der Waals surface area (Å²) in [4.78, 5) is 4.35. The summed E-state index contributed by atoms with van der Waals surface area (Å²) in [7, 11) is 0. The van der Waals surface area contributed by atoms with Gasteiger partial charge in [0.2, 0.25) is 5.71 Å². The Balaban J connectivity index is 1.20. The molecule has 0 unspecified atom stereocenters. The largest absolute Gasteiger partial charge is 0.457 e. The zero-order valence-electron chi connectivity index (χ0n) is 21.5. The van der Waals surface area contributed by atoms with Gasteiger partial charge in [-0.05, 0) is 90.8 Å². The molecule has 40 heavy (non-hydrogen) atoms. The Hall–Kier alpha value is -5.49. The number of hydrogen-bond acceptors (Lipinski definition) is 6. The van der Waals surface area contributed by atoms with Crippen molar-refractivity contribution < 1.29 is 18.0 Å². The highest BCUT2D eigenvalue weighted by atomic mass is 16.5. The summed E-state index contributed by atoms with van der Waals surface area (Å²) in [5.41, 5.74) is 12.9. The lowest BCUT2D eigenvalue weighted by molar-refractivity contribution is 0.483. The second kappa shape index (κ2) is 8.51. The van der Waals surface area contributed by atoms with Gasteiger partial charge >= 0.3 is 0 Å². The molecule has 4 aromatic heterocycles. The molecule has 4 heterocycles. The number of nitrogens with zero attached hydrogens (tertiary/aromatic N) is 1. The van der Waals surface area contributed by atoms with Crippen LogP contribution in [0.25, 0.3) is 72.2 Å². The summed E-state index contributed by atoms with van der Waals surface area (Å²) >= 11 is 0. The minimum absolute atomic E-state index is 0.393. The van der Waals surface area contributed by atoms with E-state index in [0.29, 0.717) is 23.1 Å². The monoisotopic (exact) mass is 522 g/mol. The molecular weight excluding hydrogens is 500 g/mol. The van der Waals surface area contributed by atoms with Gasteiger partial charge in [0.25, 0.3) is 0 Å². The summed E-state index contributed by atoms with van der Waals surface area (Å²) in [6.07, 6.45) is 5.62. The van der Waals surface area contributed by atoms with Crippen LogP contribution in [-0.4, -0.2) is 4.98 Å². The summed E-state index contributed by atoms with van der Waals surface area (Å²) in [5.74, 6) is 1.80. The SMILES string of the molecule is C/C=C\c1c(N)oc2ccc(Oc3ccc4oc5ccc(-c6ccc7oc8ncccc8c7c6)cc5c4c3)cc12. The summed E-state index contributed by atoms with van der Waals surface area (Å²) in [5, 5.41) is 4.96. The fourth-order valence-corrected chi connectivity index (χ4v) is 5.44. The highest BCUT2D eigenvalue weighted by Gasteiger charge is 2.14. The van der Waals surface area contributed by atoms with Gasteiger partial charge in [0, 0.05) is 38.7 Å². The molecular formula is C34H22N2O4. The number of aromatic nitrogens is 1. The zero-order valence-corrected chi connectivity index (χ0v) is 21.5. The molecule has 2 N–H and O–H groups in total. The first-order valence-corrected chi connectivity index (χ1v) is 13.0. The van der Waals surface area contributed by atoms with Gasteiger partial charge in [-0.25, -0.2) is 4.98 Å². The molecule has 0 amide bonds. The molecule has 6 nitrogen and oxygen atoms in total. The third-order valence-electron chi connectivity index (χ3n) is 7.32. The van der Waals surface area contributed by atoms with Crippen molar-refractivity contribution in [3.05, 3.63) is 103 Å². The highest BCUT2D eigenvalue weighted by Crippen LogP contribution is 2.38. The molecule has 4 aromatic carbocycles. The second-order valence-electron chi connectivity index (χ2n) is 9.78. The first-order valence-electron chi connectivity index (χ1n) is 13.0. The maximum absolute atomic E-state index is 6.29. The van der Waals surface area contributed by atoms with Crippen molar-refractivity contribution in [2.45, 2.75) is 6.92 Å². The zero-order chi connectivity index (χ0) is 26.8. The number of nitrogens with two attached hydrogens (primary N) is 1. The van der Waals surface area contributed by atoms with Crippen molar-refractivity contribution in [3.8, 4) is 22.6 Å². The average molecular weight is 523 g/mol. The van der Waals surface area contributed by atoms with Crippen molar-refractivity contribution in [2.75, 3.05) is 5.73 Å². The lowest BCUT2D eigenvalue weighted by atomic mass is 10.0. The van der Waals surface area contributed by atoms with Crippen molar-refractivity contribution in [1.29, 1.82) is 0 Å². The van der Waals surface area contributed by atoms with Crippen LogP contribution in [-0.2, 0) is 0 Å². The summed E-state index contributed by atoms with van der Waals surface area (Å²) in [6.45, 7) is 1.95. The van der Waals surface area contributed by atoms with Crippen LogP contribution in [0, 0.1) is 0 Å². The maximum Gasteiger partial charge on any atom is 0.227 e. The number of pyridine rings is 1. The molecule has 0 atom stereocenters. The Kier molecular flexibility index (Phi) is 4.79. The number of hydrogen-bond donors (Lipinski definition) is 1. The van der Waals surface area contributed by atoms with Gasteiger partial charge in [0.1, 0.15) is 33.8 Å². The fourth-order valence-electron chi connectivity index (χ4n) is 5.44. The van der Waals surface area contributed by atoms with Crippen molar-refractivity contribution in [3.63, 3.8) is 0 Å². The lowest BCUT2D eigenvalue weighted by Gasteiger charge is -2.06. The smallest absolute Gasteiger partial charge is 0.227 e. The Bertz CT molecular complexity index is 2280. The van der Waals surface area contributed by atoms with Crippen LogP contribution in [0.2, 0.25) is 0 Å². The number of rotatable bonds is 4. The maximum atomic E-state index is 6.29. The third-order valence-corrected chi connectivity index (χ3v) is 7.32. The quantitative estimate of drug-likeness (QED) is 0.247. The summed E-state index contributed by atoms with van der Waals surface area (Å²) in [6, 6.07) is 28.0. The molecule has 0 aliphatic heterocycles. The van der Waals surface area contributed by atoms with Gasteiger partial charge in [-0.3, -0.25) is 0 Å². The predicted octanol–water partition coefficient (Wildman–Crippen LogP) is 9.70. The molecule has 0 radical (unpaired) electrons. The van der Waals surface area contributed by atoms with Gasteiger partial charge in [-0.15, -0.1) is 0 Å². The van der Waals surface area contributed by atoms with E-state index < -0.39 is 0 Å². The molecule has 0 saturated carbocycles. The molecule has 8 rings (SSSR count). The molecule has 8 aromatic rings. The van der Waals surface area contributed by atoms with Crippen LogP contribution >= 0.6 is 0 Å². The topological polar surface area (TPSA) is 87.6 Å². The van der Waals surface area contributed by atoms with Crippen LogP contribution in [0.1, 0.15) is 12.5 Å². The first-order chi connectivity index (χ1) is 19.6. The van der Waals surface area contributed by atoms with Crippen molar-refractivity contribution in [2.24, 2.45) is 0 Å². The van der Waals surface area contributed by atoms with Gasteiger partial charge in [-0.1, -0.05) is 24.3 Å². The van der Waals surface area contributed by atoms with Gasteiger partial charge < -0.3 is 23.7 Å². The number of benzene rings is 4. The Morgan fingerprint density at radius 1 is 0.650 bits per heavy atom. The fraction of sp³-hybridized carbons (Fsp3) is 0.0294. The molecule has 192 valence electrons. The molecule has 0 fully saturated rings. The molecule has 0 spiro atoms. The molecule has 0 aliphatic rings. The Morgan fingerprint density at radius 3 is 1.98 bits per heavy atom. The van der Waals surface area contributed by atoms with E-state index in [2.05, 4.69) is 29.2 Å². The van der Waals surface area contributed by atoms with E-state index in [4.69, 9.17) is 23.7 Å². The summed E-state index contributed by atoms with van der Waals surface area (Å²) < 4.78 is 24.0. The van der Waals surface area contributed by atoms with Gasteiger partial charge in [0.15, 0.2) is 5.88 Å².